The van der Waals surface area contributed by atoms with Crippen molar-refractivity contribution in [3.8, 4) is 0 Å². The number of carbonyl (C=O) groups is 2. The lowest BCUT2D eigenvalue weighted by Crippen LogP contribution is -2.37. The Balaban J connectivity index is 4.55. The number of hydrogen-bond donors (Lipinski definition) is 0. The second-order valence-electron chi connectivity index (χ2n) is 13.2. The van der Waals surface area contributed by atoms with Crippen LogP contribution < -0.4 is 4.89 Å². The van der Waals surface area contributed by atoms with Crippen LogP contribution in [0.3, 0.4) is 0 Å². The van der Waals surface area contributed by atoms with Crippen molar-refractivity contribution in [2.75, 3.05) is 47.5 Å². The van der Waals surface area contributed by atoms with Crippen molar-refractivity contribution in [2.24, 2.45) is 0 Å². The van der Waals surface area contributed by atoms with E-state index in [-0.39, 0.29) is 26.1 Å². The molecule has 0 aromatic heterocycles. The predicted molar refractivity (Wildman–Crippen MR) is 194 cm³/mol. The summed E-state index contributed by atoms with van der Waals surface area (Å²) in [6.07, 6.45) is 32.9. The van der Waals surface area contributed by atoms with Gasteiger partial charge in [0, 0.05) is 12.8 Å². The van der Waals surface area contributed by atoms with Crippen LogP contribution in [0.25, 0.3) is 0 Å². The van der Waals surface area contributed by atoms with Gasteiger partial charge in [0.1, 0.15) is 19.8 Å². The van der Waals surface area contributed by atoms with Crippen molar-refractivity contribution >= 4 is 19.8 Å². The molecule has 278 valence electrons. The summed E-state index contributed by atoms with van der Waals surface area (Å²) in [5, 5.41) is 0. The average molecular weight is 698 g/mol. The van der Waals surface area contributed by atoms with E-state index in [1.54, 1.807) is 0 Å². The van der Waals surface area contributed by atoms with Gasteiger partial charge in [0.05, 0.1) is 27.7 Å². The molecule has 1 unspecified atom stereocenters. The number of phosphoric ester groups is 1. The smallest absolute Gasteiger partial charge is 0.306 e. The first-order chi connectivity index (χ1) is 23.0. The third kappa shape index (κ3) is 33.9. The number of ether oxygens (including phenoxy) is 2. The summed E-state index contributed by atoms with van der Waals surface area (Å²) >= 11 is 0. The Morgan fingerprint density at radius 1 is 0.667 bits per heavy atom. The molecule has 0 aliphatic rings. The molecule has 0 aromatic carbocycles. The van der Waals surface area contributed by atoms with Crippen molar-refractivity contribution < 1.29 is 42.1 Å². The molecular weight excluding hydrogens is 629 g/mol. The predicted octanol–water partition coefficient (Wildman–Crippen LogP) is 8.94. The summed E-state index contributed by atoms with van der Waals surface area (Å²) in [4.78, 5) is 37.2. The van der Waals surface area contributed by atoms with Gasteiger partial charge in [-0.25, -0.2) is 0 Å². The second-order valence-corrected chi connectivity index (χ2v) is 14.6. The van der Waals surface area contributed by atoms with Crippen molar-refractivity contribution in [3.05, 3.63) is 48.6 Å². The molecule has 0 radical (unpaired) electrons. The van der Waals surface area contributed by atoms with Gasteiger partial charge in [-0.1, -0.05) is 114 Å². The first-order valence-corrected chi connectivity index (χ1v) is 19.8. The average Bonchev–Trinajstić information content (AvgIpc) is 3.02. The van der Waals surface area contributed by atoms with Crippen molar-refractivity contribution in [2.45, 2.75) is 136 Å². The zero-order chi connectivity index (χ0) is 35.8. The maximum Gasteiger partial charge on any atom is 0.306 e. The highest BCUT2D eigenvalue weighted by molar-refractivity contribution is 7.45. The number of nitrogens with zero attached hydrogens (tertiary/aromatic N) is 1. The van der Waals surface area contributed by atoms with Crippen LogP contribution in [0.15, 0.2) is 48.6 Å². The lowest BCUT2D eigenvalue weighted by molar-refractivity contribution is -0.870. The highest BCUT2D eigenvalue weighted by atomic mass is 31.2. The number of carbonyl (C=O) groups excluding carboxylic acids is 2. The topological polar surface area (TPSA) is 111 Å². The van der Waals surface area contributed by atoms with Crippen LogP contribution in [-0.4, -0.2) is 70.0 Å². The maximum absolute atomic E-state index is 12.6. The summed E-state index contributed by atoms with van der Waals surface area (Å²) in [6.45, 7) is 4.00. The molecule has 0 N–H and O–H groups in total. The molecule has 48 heavy (non-hydrogen) atoms. The highest BCUT2D eigenvalue weighted by Crippen LogP contribution is 2.38. The SMILES string of the molecule is CC/C=C\C/C=C\C/C=C\C/C=C\CCCCC(=O)O[C@H](COC(=O)CCCCCCCCCCC)COP(=O)([O-])OCC[N+](C)(C)C. The van der Waals surface area contributed by atoms with Gasteiger partial charge in [-0.2, -0.15) is 0 Å². The quantitative estimate of drug-likeness (QED) is 0.0225. The summed E-state index contributed by atoms with van der Waals surface area (Å²) in [7, 11) is 1.13. The van der Waals surface area contributed by atoms with Crippen molar-refractivity contribution in [1.29, 1.82) is 0 Å². The van der Waals surface area contributed by atoms with E-state index in [1.807, 2.05) is 21.1 Å². The Labute approximate surface area is 293 Å². The number of quaternary nitrogens is 1. The molecule has 2 atom stereocenters. The number of hydrogen-bond acceptors (Lipinski definition) is 8. The molecule has 0 bridgehead atoms. The summed E-state index contributed by atoms with van der Waals surface area (Å²) in [5.41, 5.74) is 0. The van der Waals surface area contributed by atoms with Crippen molar-refractivity contribution in [3.63, 3.8) is 0 Å². The van der Waals surface area contributed by atoms with E-state index < -0.39 is 32.5 Å². The van der Waals surface area contributed by atoms with Crippen LogP contribution in [0.5, 0.6) is 0 Å². The van der Waals surface area contributed by atoms with Crippen LogP contribution >= 0.6 is 7.82 Å². The molecule has 0 fully saturated rings. The van der Waals surface area contributed by atoms with Gasteiger partial charge in [-0.05, 0) is 51.4 Å². The normalized spacial score (nSPS) is 14.4. The molecule has 0 saturated heterocycles. The maximum atomic E-state index is 12.6. The van der Waals surface area contributed by atoms with E-state index >= 15 is 0 Å². The monoisotopic (exact) mass is 697 g/mol. The molecular formula is C38H68NO8P. The zero-order valence-electron chi connectivity index (χ0n) is 30.9. The van der Waals surface area contributed by atoms with Gasteiger partial charge in [0.25, 0.3) is 7.82 Å². The van der Waals surface area contributed by atoms with Gasteiger partial charge in [-0.15, -0.1) is 0 Å². The van der Waals surface area contributed by atoms with E-state index in [1.165, 1.54) is 38.5 Å². The Morgan fingerprint density at radius 2 is 1.19 bits per heavy atom. The number of allylic oxidation sites excluding steroid dienone is 8. The van der Waals surface area contributed by atoms with Gasteiger partial charge in [0.15, 0.2) is 6.10 Å². The molecule has 0 spiro atoms. The van der Waals surface area contributed by atoms with E-state index in [0.717, 1.165) is 57.8 Å². The third-order valence-electron chi connectivity index (χ3n) is 7.36. The van der Waals surface area contributed by atoms with E-state index in [9.17, 15) is 19.0 Å². The van der Waals surface area contributed by atoms with Crippen LogP contribution in [0.4, 0.5) is 0 Å². The number of rotatable bonds is 32. The summed E-state index contributed by atoms with van der Waals surface area (Å²) in [5.74, 6) is -0.892. The molecule has 0 aliphatic carbocycles. The third-order valence-corrected chi connectivity index (χ3v) is 8.33. The van der Waals surface area contributed by atoms with E-state index in [2.05, 4.69) is 62.5 Å². The number of unbranched alkanes of at least 4 members (excludes halogenated alkanes) is 10. The molecule has 0 heterocycles. The van der Waals surface area contributed by atoms with Gasteiger partial charge in [0.2, 0.25) is 0 Å². The minimum absolute atomic E-state index is 0.0399. The van der Waals surface area contributed by atoms with E-state index in [0.29, 0.717) is 17.4 Å². The first kappa shape index (κ1) is 46.0. The Kier molecular flexibility index (Phi) is 29.7. The number of phosphoric acid groups is 1. The Morgan fingerprint density at radius 3 is 1.77 bits per heavy atom. The lowest BCUT2D eigenvalue weighted by Gasteiger charge is -2.28. The second kappa shape index (κ2) is 31.0. The van der Waals surface area contributed by atoms with Crippen molar-refractivity contribution in [1.82, 2.24) is 0 Å². The first-order valence-electron chi connectivity index (χ1n) is 18.3. The Hall–Kier alpha value is -2.03. The molecule has 0 rings (SSSR count). The summed E-state index contributed by atoms with van der Waals surface area (Å²) in [6, 6.07) is 0. The van der Waals surface area contributed by atoms with Crippen LogP contribution in [0.2, 0.25) is 0 Å². The van der Waals surface area contributed by atoms with Gasteiger partial charge < -0.3 is 27.9 Å². The molecule has 0 amide bonds. The molecule has 0 aromatic rings. The fraction of sp³-hybridized carbons (Fsp3) is 0.737. The molecule has 0 aliphatic heterocycles. The summed E-state index contributed by atoms with van der Waals surface area (Å²) < 4.78 is 33.6. The number of likely N-dealkylation sites (N-methyl/N-ethyl adjacent to an activating group) is 1. The molecule has 0 saturated carbocycles. The number of esters is 2. The van der Waals surface area contributed by atoms with Crippen LogP contribution in [-0.2, 0) is 32.7 Å². The molecule has 10 heteroatoms. The van der Waals surface area contributed by atoms with Gasteiger partial charge >= 0.3 is 11.9 Å². The van der Waals surface area contributed by atoms with Gasteiger partial charge in [-0.3, -0.25) is 14.2 Å². The lowest BCUT2D eigenvalue weighted by atomic mass is 10.1. The fourth-order valence-electron chi connectivity index (χ4n) is 4.47. The minimum atomic E-state index is -4.62. The van der Waals surface area contributed by atoms with E-state index in [4.69, 9.17) is 18.5 Å². The minimum Gasteiger partial charge on any atom is -0.756 e. The highest BCUT2D eigenvalue weighted by Gasteiger charge is 2.21. The standard InChI is InChI=1S/C38H68NO8P/c1-6-8-10-12-14-16-17-18-19-20-21-23-25-27-29-31-38(41)47-36(35-46-48(42,43)45-33-32-39(3,4)5)34-44-37(40)30-28-26-24-22-15-13-11-9-7-2/h8,10,14,16,18-19,21,23,36H,6-7,9,11-13,15,17,20,22,24-35H2,1-5H3/b10-8-,16-14-,19-18-,23-21-/t36-/m1/s1. The van der Waals surface area contributed by atoms with Crippen LogP contribution in [0.1, 0.15) is 129 Å². The Bertz CT molecular complexity index is 970. The largest absolute Gasteiger partial charge is 0.756 e. The van der Waals surface area contributed by atoms with Crippen LogP contribution in [0, 0.1) is 0 Å². The fourth-order valence-corrected chi connectivity index (χ4v) is 5.19. The zero-order valence-corrected chi connectivity index (χ0v) is 31.8. The molecule has 9 nitrogen and oxygen atoms in total.